The van der Waals surface area contributed by atoms with Gasteiger partial charge in [0.2, 0.25) is 5.88 Å². The van der Waals surface area contributed by atoms with Crippen molar-refractivity contribution in [1.82, 2.24) is 14.7 Å². The number of fused-ring (bicyclic) bond motifs is 1. The lowest BCUT2D eigenvalue weighted by atomic mass is 10.0. The maximum atomic E-state index is 5.37. The third-order valence-corrected chi connectivity index (χ3v) is 4.66. The summed E-state index contributed by atoms with van der Waals surface area (Å²) in [5.41, 5.74) is 1.41. The van der Waals surface area contributed by atoms with Crippen LogP contribution in [0.2, 0.25) is 0 Å². The molecular weight excluding hydrogens is 246 g/mol. The molecule has 4 nitrogen and oxygen atoms in total. The number of nitrogens with one attached hydrogen (secondary N) is 1. The van der Waals surface area contributed by atoms with Crippen LogP contribution in [-0.4, -0.2) is 22.0 Å². The van der Waals surface area contributed by atoms with Gasteiger partial charge in [-0.1, -0.05) is 12.8 Å². The third-order valence-electron chi connectivity index (χ3n) is 3.91. The van der Waals surface area contributed by atoms with Crippen molar-refractivity contribution in [2.45, 2.75) is 44.7 Å². The fourth-order valence-electron chi connectivity index (χ4n) is 2.77. The lowest BCUT2D eigenvalue weighted by Crippen LogP contribution is -2.39. The number of hydrogen-bond acceptors (Lipinski definition) is 4. The van der Waals surface area contributed by atoms with Crippen LogP contribution in [0.5, 0.6) is 5.88 Å². The number of methoxy groups -OCH3 is 1. The van der Waals surface area contributed by atoms with E-state index < -0.39 is 0 Å². The van der Waals surface area contributed by atoms with E-state index in [1.165, 1.54) is 25.7 Å². The summed E-state index contributed by atoms with van der Waals surface area (Å²) in [5.74, 6) is 0.746. The lowest BCUT2D eigenvalue weighted by molar-refractivity contribution is 0.349. The van der Waals surface area contributed by atoms with E-state index in [-0.39, 0.29) is 5.54 Å². The Balaban J connectivity index is 1.82. The number of hydrogen-bond donors (Lipinski definition) is 1. The van der Waals surface area contributed by atoms with Crippen LogP contribution >= 0.6 is 11.3 Å². The van der Waals surface area contributed by atoms with Crippen molar-refractivity contribution in [2.24, 2.45) is 0 Å². The molecule has 0 bridgehead atoms. The summed E-state index contributed by atoms with van der Waals surface area (Å²) in [4.78, 5) is 5.48. The number of nitrogens with zero attached hydrogens (tertiary/aromatic N) is 2. The monoisotopic (exact) mass is 265 g/mol. The number of thiazole rings is 1. The molecule has 0 aliphatic heterocycles. The molecule has 98 valence electrons. The molecule has 2 aromatic rings. The van der Waals surface area contributed by atoms with Gasteiger partial charge in [0.05, 0.1) is 7.11 Å². The van der Waals surface area contributed by atoms with Gasteiger partial charge in [-0.3, -0.25) is 4.40 Å². The highest BCUT2D eigenvalue weighted by molar-refractivity contribution is 7.15. The maximum absolute atomic E-state index is 5.37. The van der Waals surface area contributed by atoms with Gasteiger partial charge in [-0.25, -0.2) is 0 Å². The van der Waals surface area contributed by atoms with Gasteiger partial charge in [0.1, 0.15) is 5.69 Å². The second-order valence-corrected chi connectivity index (χ2v) is 6.12. The third kappa shape index (κ3) is 2.01. The van der Waals surface area contributed by atoms with Gasteiger partial charge in [-0.2, -0.15) is 4.98 Å². The zero-order valence-electron chi connectivity index (χ0n) is 10.9. The molecular formula is C13H19N3OS. The van der Waals surface area contributed by atoms with Crippen molar-refractivity contribution < 1.29 is 4.74 Å². The highest BCUT2D eigenvalue weighted by Gasteiger charge is 2.28. The van der Waals surface area contributed by atoms with Gasteiger partial charge in [0.25, 0.3) is 0 Å². The zero-order valence-corrected chi connectivity index (χ0v) is 11.7. The lowest BCUT2D eigenvalue weighted by Gasteiger charge is -2.25. The first-order chi connectivity index (χ1) is 8.72. The van der Waals surface area contributed by atoms with Crippen molar-refractivity contribution in [1.29, 1.82) is 0 Å². The number of imidazole rings is 1. The van der Waals surface area contributed by atoms with Gasteiger partial charge in [-0.15, -0.1) is 11.3 Å². The topological polar surface area (TPSA) is 38.6 Å². The van der Waals surface area contributed by atoms with Gasteiger partial charge in [0, 0.05) is 23.7 Å². The molecule has 0 saturated heterocycles. The quantitative estimate of drug-likeness (QED) is 0.924. The van der Waals surface area contributed by atoms with Crippen LogP contribution in [0, 0.1) is 0 Å². The molecule has 0 spiro atoms. The molecule has 1 N–H and O–H groups in total. The molecule has 1 saturated carbocycles. The predicted octanol–water partition coefficient (Wildman–Crippen LogP) is 2.83. The summed E-state index contributed by atoms with van der Waals surface area (Å²) in [6.45, 7) is 3.13. The first kappa shape index (κ1) is 12.0. The standard InChI is InChI=1S/C13H19N3OS/c1-13(5-3-4-6-13)14-9-10-11(17-2)15-12-16(10)7-8-18-12/h7-8,14H,3-6,9H2,1-2H3. The normalized spacial score (nSPS) is 18.6. The first-order valence-electron chi connectivity index (χ1n) is 6.45. The molecule has 2 heterocycles. The van der Waals surface area contributed by atoms with E-state index in [4.69, 9.17) is 4.74 Å². The van der Waals surface area contributed by atoms with Crippen LogP contribution < -0.4 is 10.1 Å². The molecule has 5 heteroatoms. The van der Waals surface area contributed by atoms with Crippen molar-refractivity contribution in [3.8, 4) is 5.88 Å². The number of rotatable bonds is 4. The van der Waals surface area contributed by atoms with E-state index >= 15 is 0 Å². The van der Waals surface area contributed by atoms with E-state index in [2.05, 4.69) is 33.2 Å². The van der Waals surface area contributed by atoms with Crippen LogP contribution in [0.15, 0.2) is 11.6 Å². The Morgan fingerprint density at radius 3 is 3.00 bits per heavy atom. The highest BCUT2D eigenvalue weighted by atomic mass is 32.1. The molecule has 18 heavy (non-hydrogen) atoms. The van der Waals surface area contributed by atoms with E-state index in [0.717, 1.165) is 23.1 Å². The van der Waals surface area contributed by atoms with E-state index in [9.17, 15) is 0 Å². The Labute approximate surface area is 111 Å². The minimum absolute atomic E-state index is 0.283. The van der Waals surface area contributed by atoms with E-state index in [0.29, 0.717) is 0 Å². The maximum Gasteiger partial charge on any atom is 0.237 e. The molecule has 0 radical (unpaired) electrons. The smallest absolute Gasteiger partial charge is 0.237 e. The summed E-state index contributed by atoms with van der Waals surface area (Å²) in [6.07, 6.45) is 7.26. The molecule has 0 atom stereocenters. The first-order valence-corrected chi connectivity index (χ1v) is 7.33. The molecule has 0 amide bonds. The second kappa shape index (κ2) is 4.55. The molecule has 1 aliphatic carbocycles. The second-order valence-electron chi connectivity index (χ2n) is 5.24. The summed E-state index contributed by atoms with van der Waals surface area (Å²) in [6, 6.07) is 0. The van der Waals surface area contributed by atoms with Crippen LogP contribution in [0.4, 0.5) is 0 Å². The Morgan fingerprint density at radius 1 is 1.50 bits per heavy atom. The predicted molar refractivity (Wildman–Crippen MR) is 73.3 cm³/mol. The largest absolute Gasteiger partial charge is 0.480 e. The van der Waals surface area contributed by atoms with Crippen molar-refractivity contribution in [3.63, 3.8) is 0 Å². The van der Waals surface area contributed by atoms with Crippen LogP contribution in [0.3, 0.4) is 0 Å². The SMILES string of the molecule is COc1nc2sccn2c1CNC1(C)CCCC1. The van der Waals surface area contributed by atoms with E-state index in [1.54, 1.807) is 18.4 Å². The van der Waals surface area contributed by atoms with Gasteiger partial charge >= 0.3 is 0 Å². The average molecular weight is 265 g/mol. The summed E-state index contributed by atoms with van der Waals surface area (Å²) >= 11 is 1.64. The highest BCUT2D eigenvalue weighted by Crippen LogP contribution is 2.30. The summed E-state index contributed by atoms with van der Waals surface area (Å²) in [5, 5.41) is 5.74. The van der Waals surface area contributed by atoms with Crippen molar-refractivity contribution in [2.75, 3.05) is 7.11 Å². The Hall–Kier alpha value is -1.07. The van der Waals surface area contributed by atoms with Gasteiger partial charge in [0.15, 0.2) is 4.96 Å². The molecule has 0 unspecified atom stereocenters. The summed E-state index contributed by atoms with van der Waals surface area (Å²) < 4.78 is 7.49. The number of ether oxygens (including phenoxy) is 1. The van der Waals surface area contributed by atoms with Gasteiger partial charge < -0.3 is 10.1 Å². The summed E-state index contributed by atoms with van der Waals surface area (Å²) in [7, 11) is 1.69. The fraction of sp³-hybridized carbons (Fsp3) is 0.615. The molecule has 1 fully saturated rings. The van der Waals surface area contributed by atoms with Crippen LogP contribution in [-0.2, 0) is 6.54 Å². The van der Waals surface area contributed by atoms with E-state index in [1.807, 2.05) is 0 Å². The van der Waals surface area contributed by atoms with Crippen LogP contribution in [0.1, 0.15) is 38.3 Å². The zero-order chi connectivity index (χ0) is 12.6. The Bertz CT molecular complexity index is 539. The van der Waals surface area contributed by atoms with Crippen LogP contribution in [0.25, 0.3) is 4.96 Å². The number of aromatic nitrogens is 2. The molecule has 0 aromatic carbocycles. The Kier molecular flexibility index (Phi) is 3.03. The minimum Gasteiger partial charge on any atom is -0.480 e. The van der Waals surface area contributed by atoms with Gasteiger partial charge in [-0.05, 0) is 19.8 Å². The molecule has 3 rings (SSSR count). The fourth-order valence-corrected chi connectivity index (χ4v) is 3.49. The molecule has 2 aromatic heterocycles. The molecule has 1 aliphatic rings. The Morgan fingerprint density at radius 2 is 2.28 bits per heavy atom. The van der Waals surface area contributed by atoms with Crippen molar-refractivity contribution in [3.05, 3.63) is 17.3 Å². The average Bonchev–Trinajstić information content (AvgIpc) is 3.02. The minimum atomic E-state index is 0.283. The van der Waals surface area contributed by atoms with Crippen molar-refractivity contribution >= 4 is 16.3 Å².